The third-order valence-electron chi connectivity index (χ3n) is 7.09. The number of nitrogens with one attached hydrogen (secondary N) is 1. The lowest BCUT2D eigenvalue weighted by molar-refractivity contribution is -0.137. The van der Waals surface area contributed by atoms with E-state index in [1.807, 2.05) is 0 Å². The van der Waals surface area contributed by atoms with Gasteiger partial charge >= 0.3 is 6.18 Å². The zero-order valence-corrected chi connectivity index (χ0v) is 18.9. The summed E-state index contributed by atoms with van der Waals surface area (Å²) in [7, 11) is 0. The van der Waals surface area contributed by atoms with E-state index in [9.17, 15) is 17.6 Å². The first-order valence-electron chi connectivity index (χ1n) is 11.7. The molecule has 184 valence electrons. The van der Waals surface area contributed by atoms with Crippen LogP contribution in [0.5, 0.6) is 0 Å². The molecular formula is C24H28F4N4O2. The van der Waals surface area contributed by atoms with Crippen molar-refractivity contribution in [2.24, 2.45) is 11.8 Å². The Bertz CT molecular complexity index is 1010. The third kappa shape index (κ3) is 5.04. The second-order valence-corrected chi connectivity index (χ2v) is 9.57. The summed E-state index contributed by atoms with van der Waals surface area (Å²) in [5, 5.41) is 10.9. The van der Waals surface area contributed by atoms with E-state index in [0.717, 1.165) is 38.5 Å². The zero-order chi connectivity index (χ0) is 23.9. The minimum absolute atomic E-state index is 0.00252. The van der Waals surface area contributed by atoms with Crippen molar-refractivity contribution in [3.63, 3.8) is 0 Å². The van der Waals surface area contributed by atoms with Crippen LogP contribution in [0.1, 0.15) is 24.0 Å². The van der Waals surface area contributed by atoms with Crippen molar-refractivity contribution in [1.29, 1.82) is 0 Å². The number of fused-ring (bicyclic) bond motifs is 1. The molecule has 3 fully saturated rings. The first kappa shape index (κ1) is 23.4. The molecule has 0 amide bonds. The van der Waals surface area contributed by atoms with Gasteiger partial charge in [0.15, 0.2) is 5.82 Å². The molecule has 4 atom stereocenters. The monoisotopic (exact) mass is 480 g/mol. The van der Waals surface area contributed by atoms with E-state index >= 15 is 0 Å². The van der Waals surface area contributed by atoms with Gasteiger partial charge in [-0.05, 0) is 55.4 Å². The Labute approximate surface area is 195 Å². The van der Waals surface area contributed by atoms with Gasteiger partial charge in [-0.25, -0.2) is 4.39 Å². The lowest BCUT2D eigenvalue weighted by Gasteiger charge is -2.28. The number of aromatic nitrogens is 2. The molecule has 3 heterocycles. The van der Waals surface area contributed by atoms with Crippen molar-refractivity contribution in [2.45, 2.75) is 38.1 Å². The number of likely N-dealkylation sites (tertiary alicyclic amines) is 1. The number of ether oxygens (including phenoxy) is 2. The summed E-state index contributed by atoms with van der Waals surface area (Å²) in [4.78, 5) is 2.38. The lowest BCUT2D eigenvalue weighted by Crippen LogP contribution is -2.39. The molecule has 5 rings (SSSR count). The average molecular weight is 481 g/mol. The van der Waals surface area contributed by atoms with Crippen LogP contribution in [0.15, 0.2) is 24.3 Å². The van der Waals surface area contributed by atoms with Crippen LogP contribution in [-0.2, 0) is 15.7 Å². The first-order valence-corrected chi connectivity index (χ1v) is 11.7. The summed E-state index contributed by atoms with van der Waals surface area (Å²) in [5.41, 5.74) is 0.0484. The molecule has 2 saturated heterocycles. The Balaban J connectivity index is 1.26. The highest BCUT2D eigenvalue weighted by molar-refractivity contribution is 5.65. The lowest BCUT2D eigenvalue weighted by atomic mass is 10.0. The van der Waals surface area contributed by atoms with Gasteiger partial charge in [-0.3, -0.25) is 0 Å². The minimum Gasteiger partial charge on any atom is -0.376 e. The predicted octanol–water partition coefficient (Wildman–Crippen LogP) is 4.15. The van der Waals surface area contributed by atoms with Crippen LogP contribution >= 0.6 is 0 Å². The summed E-state index contributed by atoms with van der Waals surface area (Å²) in [6.07, 6.45) is -2.95. The first-order chi connectivity index (χ1) is 16.3. The van der Waals surface area contributed by atoms with Crippen molar-refractivity contribution in [3.8, 4) is 11.3 Å². The maximum Gasteiger partial charge on any atom is 0.420 e. The molecule has 1 N–H and O–H groups in total. The second-order valence-electron chi connectivity index (χ2n) is 9.57. The van der Waals surface area contributed by atoms with Crippen LogP contribution in [-0.4, -0.2) is 66.7 Å². The fourth-order valence-electron chi connectivity index (χ4n) is 5.50. The molecule has 0 bridgehead atoms. The normalized spacial score (nSPS) is 27.7. The van der Waals surface area contributed by atoms with Gasteiger partial charge < -0.3 is 19.7 Å². The quantitative estimate of drug-likeness (QED) is 0.649. The summed E-state index contributed by atoms with van der Waals surface area (Å²) in [6.45, 7) is 6.23. The topological polar surface area (TPSA) is 59.5 Å². The molecule has 10 heteroatoms. The van der Waals surface area contributed by atoms with Crippen molar-refractivity contribution >= 4 is 5.82 Å². The van der Waals surface area contributed by atoms with Gasteiger partial charge in [0.25, 0.3) is 0 Å². The summed E-state index contributed by atoms with van der Waals surface area (Å²) < 4.78 is 66.6. The van der Waals surface area contributed by atoms with Crippen molar-refractivity contribution < 1.29 is 27.0 Å². The van der Waals surface area contributed by atoms with Crippen LogP contribution in [0.2, 0.25) is 0 Å². The highest BCUT2D eigenvalue weighted by Crippen LogP contribution is 2.41. The number of hydrogen-bond donors (Lipinski definition) is 1. The van der Waals surface area contributed by atoms with E-state index in [1.165, 1.54) is 18.2 Å². The van der Waals surface area contributed by atoms with Gasteiger partial charge in [0.1, 0.15) is 11.4 Å². The minimum atomic E-state index is -4.61. The van der Waals surface area contributed by atoms with E-state index in [0.29, 0.717) is 42.8 Å². The highest BCUT2D eigenvalue weighted by Gasteiger charge is 2.43. The fraction of sp³-hybridized carbons (Fsp3) is 0.583. The van der Waals surface area contributed by atoms with Gasteiger partial charge in [-0.2, -0.15) is 13.2 Å². The molecule has 1 saturated carbocycles. The summed E-state index contributed by atoms with van der Waals surface area (Å²) in [5.74, 6) is 0.0595. The molecule has 3 aliphatic rings. The largest absolute Gasteiger partial charge is 0.420 e. The Hall–Kier alpha value is -2.30. The molecular weight excluding hydrogens is 452 g/mol. The Kier molecular flexibility index (Phi) is 6.47. The van der Waals surface area contributed by atoms with Crippen LogP contribution in [0.3, 0.4) is 0 Å². The van der Waals surface area contributed by atoms with Crippen LogP contribution in [0.25, 0.3) is 11.3 Å². The molecule has 34 heavy (non-hydrogen) atoms. The van der Waals surface area contributed by atoms with Crippen molar-refractivity contribution in [1.82, 2.24) is 15.1 Å². The zero-order valence-electron chi connectivity index (χ0n) is 18.9. The van der Waals surface area contributed by atoms with Crippen LogP contribution in [0, 0.1) is 24.6 Å². The van der Waals surface area contributed by atoms with Crippen molar-refractivity contribution in [3.05, 3.63) is 41.2 Å². The SMILES string of the molecule is Cc1ccc(F)cc1-c1cc(C(F)(F)F)c(N[C@@H]2C[C@@H]3CN(C[C@@H]4COCCO4)C[C@@H]3C2)nn1. The number of aryl methyl sites for hydroxylation is 1. The molecule has 1 aromatic carbocycles. The summed E-state index contributed by atoms with van der Waals surface area (Å²) >= 11 is 0. The Morgan fingerprint density at radius 1 is 1.09 bits per heavy atom. The van der Waals surface area contributed by atoms with E-state index in [2.05, 4.69) is 20.4 Å². The third-order valence-corrected chi connectivity index (χ3v) is 7.09. The van der Waals surface area contributed by atoms with Crippen LogP contribution < -0.4 is 5.32 Å². The maximum absolute atomic E-state index is 13.9. The molecule has 1 aromatic heterocycles. The molecule has 6 nitrogen and oxygen atoms in total. The van der Waals surface area contributed by atoms with Gasteiger partial charge in [0.2, 0.25) is 0 Å². The van der Waals surface area contributed by atoms with E-state index < -0.39 is 17.6 Å². The number of halogens is 4. The number of alkyl halides is 3. The van der Waals surface area contributed by atoms with Gasteiger partial charge in [0, 0.05) is 31.2 Å². The predicted molar refractivity (Wildman–Crippen MR) is 118 cm³/mol. The van der Waals surface area contributed by atoms with E-state index in [4.69, 9.17) is 9.47 Å². The summed E-state index contributed by atoms with van der Waals surface area (Å²) in [6, 6.07) is 4.83. The molecule has 2 aromatic rings. The number of anilines is 1. The average Bonchev–Trinajstić information content (AvgIpc) is 3.33. The maximum atomic E-state index is 13.9. The number of benzene rings is 1. The molecule has 1 aliphatic carbocycles. The van der Waals surface area contributed by atoms with Crippen molar-refractivity contribution in [2.75, 3.05) is 44.8 Å². The highest BCUT2D eigenvalue weighted by atomic mass is 19.4. The standard InChI is InChI=1S/C24H28F4N4O2/c1-14-2-3-17(25)8-20(14)22-9-21(24(26,27)28)23(31-30-22)29-18-6-15-10-32(11-16(15)7-18)12-19-13-33-4-5-34-19/h2-3,8-9,15-16,18-19H,4-7,10-13H2,1H3,(H,29,31)/t15-,16+,18-,19-/m1/s1. The van der Waals surface area contributed by atoms with Gasteiger partial charge in [-0.15, -0.1) is 10.2 Å². The number of hydrogen-bond acceptors (Lipinski definition) is 6. The van der Waals surface area contributed by atoms with E-state index in [1.54, 1.807) is 6.92 Å². The van der Waals surface area contributed by atoms with Gasteiger partial charge in [0.05, 0.1) is 31.6 Å². The smallest absolute Gasteiger partial charge is 0.376 e. The molecule has 0 unspecified atom stereocenters. The second kappa shape index (κ2) is 9.39. The molecule has 0 radical (unpaired) electrons. The number of rotatable bonds is 5. The molecule has 0 spiro atoms. The number of nitrogens with zero attached hydrogens (tertiary/aromatic N) is 3. The van der Waals surface area contributed by atoms with E-state index in [-0.39, 0.29) is 23.7 Å². The Morgan fingerprint density at radius 3 is 2.53 bits per heavy atom. The fourth-order valence-corrected chi connectivity index (χ4v) is 5.50. The molecule has 2 aliphatic heterocycles. The Morgan fingerprint density at radius 2 is 1.85 bits per heavy atom. The van der Waals surface area contributed by atoms with Gasteiger partial charge in [-0.1, -0.05) is 6.07 Å². The van der Waals surface area contributed by atoms with Crippen LogP contribution in [0.4, 0.5) is 23.4 Å².